The second kappa shape index (κ2) is 7.48. The van der Waals surface area contributed by atoms with Gasteiger partial charge < -0.3 is 15.5 Å². The minimum atomic E-state index is -1.16. The molecule has 0 aromatic heterocycles. The van der Waals surface area contributed by atoms with E-state index in [0.717, 1.165) is 35.4 Å². The number of hydrogen-bond acceptors (Lipinski definition) is 4. The summed E-state index contributed by atoms with van der Waals surface area (Å²) in [6, 6.07) is 12.7. The van der Waals surface area contributed by atoms with Crippen LogP contribution in [0.5, 0.6) is 0 Å². The van der Waals surface area contributed by atoms with E-state index in [1.807, 2.05) is 49.3 Å². The lowest BCUT2D eigenvalue weighted by molar-refractivity contribution is -0.133. The van der Waals surface area contributed by atoms with Gasteiger partial charge in [0.1, 0.15) is 12.1 Å². The zero-order valence-electron chi connectivity index (χ0n) is 17.5. The molecule has 0 spiro atoms. The first-order valence-corrected chi connectivity index (χ1v) is 10.1. The molecule has 2 aromatic carbocycles. The number of nitrogens with one attached hydrogen (secondary N) is 2. The summed E-state index contributed by atoms with van der Waals surface area (Å²) in [6.07, 6.45) is 3.15. The van der Waals surface area contributed by atoms with Crippen molar-refractivity contribution in [3.05, 3.63) is 59.2 Å². The number of imide groups is 1. The van der Waals surface area contributed by atoms with E-state index in [2.05, 4.69) is 10.6 Å². The minimum absolute atomic E-state index is 0.333. The highest BCUT2D eigenvalue weighted by Crippen LogP contribution is 2.32. The predicted octanol–water partition coefficient (Wildman–Crippen LogP) is 2.65. The van der Waals surface area contributed by atoms with Crippen molar-refractivity contribution in [2.24, 2.45) is 0 Å². The van der Waals surface area contributed by atoms with Crippen LogP contribution in [0.1, 0.15) is 30.0 Å². The van der Waals surface area contributed by atoms with Gasteiger partial charge in [-0.05, 0) is 67.1 Å². The molecule has 4 amide bonds. The van der Waals surface area contributed by atoms with Gasteiger partial charge in [-0.2, -0.15) is 0 Å². The number of nitrogens with zero attached hydrogens (tertiary/aromatic N) is 2. The quantitative estimate of drug-likeness (QED) is 0.748. The number of hydrogen-bond donors (Lipinski definition) is 2. The van der Waals surface area contributed by atoms with E-state index in [1.54, 1.807) is 19.1 Å². The molecule has 0 bridgehead atoms. The number of aryl methyl sites for hydroxylation is 2. The maximum atomic E-state index is 13.1. The summed E-state index contributed by atoms with van der Waals surface area (Å²) in [5.74, 6) is -0.835. The molecule has 2 aliphatic rings. The van der Waals surface area contributed by atoms with Crippen molar-refractivity contribution < 1.29 is 14.4 Å². The fourth-order valence-corrected chi connectivity index (χ4v) is 4.11. The molecular formula is C23H26N4O3. The first-order valence-electron chi connectivity index (χ1n) is 10.1. The van der Waals surface area contributed by atoms with Gasteiger partial charge in [0, 0.05) is 25.5 Å². The monoisotopic (exact) mass is 406 g/mol. The molecule has 0 radical (unpaired) electrons. The zero-order chi connectivity index (χ0) is 21.5. The fourth-order valence-electron chi connectivity index (χ4n) is 4.11. The number of fused-ring (bicyclic) bond motifs is 1. The number of carbonyl (C=O) groups is 3. The second-order valence-corrected chi connectivity index (χ2v) is 8.27. The molecule has 2 N–H and O–H groups in total. The standard InChI is InChI=1S/C23H26N4O3/c1-23(17-8-7-15-5-4-6-16(15)13-17)21(29)27(22(30)25-23)14-20(28)24-18-9-11-19(12-10-18)26(2)3/h7-13H,4-6,14H2,1-3H3,(H,24,28)(H,25,30)/t23-/m0/s1. The van der Waals surface area contributed by atoms with Crippen LogP contribution < -0.4 is 15.5 Å². The zero-order valence-corrected chi connectivity index (χ0v) is 17.5. The van der Waals surface area contributed by atoms with Crippen LogP contribution >= 0.6 is 0 Å². The lowest BCUT2D eigenvalue weighted by atomic mass is 9.89. The van der Waals surface area contributed by atoms with Crippen LogP contribution in [0.4, 0.5) is 16.2 Å². The fraction of sp³-hybridized carbons (Fsp3) is 0.348. The van der Waals surface area contributed by atoms with Crippen molar-refractivity contribution in [2.45, 2.75) is 31.7 Å². The van der Waals surface area contributed by atoms with Crippen LogP contribution in [0.15, 0.2) is 42.5 Å². The van der Waals surface area contributed by atoms with E-state index in [4.69, 9.17) is 0 Å². The molecule has 1 aliphatic heterocycles. The first-order chi connectivity index (χ1) is 14.3. The van der Waals surface area contributed by atoms with Crippen molar-refractivity contribution in [1.82, 2.24) is 10.2 Å². The molecule has 1 saturated heterocycles. The molecule has 7 heteroatoms. The smallest absolute Gasteiger partial charge is 0.325 e. The Balaban J connectivity index is 1.46. The Hall–Kier alpha value is -3.35. The van der Waals surface area contributed by atoms with Crippen LogP contribution in [0.25, 0.3) is 0 Å². The summed E-state index contributed by atoms with van der Waals surface area (Å²) in [7, 11) is 3.87. The maximum Gasteiger partial charge on any atom is 0.325 e. The average Bonchev–Trinajstić information content (AvgIpc) is 3.27. The van der Waals surface area contributed by atoms with Crippen LogP contribution in [-0.2, 0) is 28.0 Å². The Morgan fingerprint density at radius 3 is 2.50 bits per heavy atom. The van der Waals surface area contributed by atoms with Gasteiger partial charge in [-0.1, -0.05) is 18.2 Å². The Morgan fingerprint density at radius 2 is 1.80 bits per heavy atom. The average molecular weight is 406 g/mol. The van der Waals surface area contributed by atoms with Gasteiger partial charge in [0.25, 0.3) is 5.91 Å². The summed E-state index contributed by atoms with van der Waals surface area (Å²) < 4.78 is 0. The van der Waals surface area contributed by atoms with Crippen LogP contribution in [0, 0.1) is 0 Å². The van der Waals surface area contributed by atoms with Crippen LogP contribution in [0.2, 0.25) is 0 Å². The molecule has 30 heavy (non-hydrogen) atoms. The summed E-state index contributed by atoms with van der Waals surface area (Å²) in [5, 5.41) is 5.52. The largest absolute Gasteiger partial charge is 0.378 e. The van der Waals surface area contributed by atoms with Crippen LogP contribution in [-0.4, -0.2) is 43.4 Å². The molecular weight excluding hydrogens is 380 g/mol. The van der Waals surface area contributed by atoms with Gasteiger partial charge >= 0.3 is 6.03 Å². The summed E-state index contributed by atoms with van der Waals surface area (Å²) in [5.41, 5.74) is 3.74. The molecule has 156 valence electrons. The molecule has 7 nitrogen and oxygen atoms in total. The number of urea groups is 1. The molecule has 0 saturated carbocycles. The molecule has 4 rings (SSSR count). The Bertz CT molecular complexity index is 1020. The first kappa shape index (κ1) is 19.9. The van der Waals surface area contributed by atoms with E-state index in [9.17, 15) is 14.4 Å². The number of carbonyl (C=O) groups excluding carboxylic acids is 3. The normalized spacial score (nSPS) is 20.2. The van der Waals surface area contributed by atoms with Crippen molar-refractivity contribution in [3.8, 4) is 0 Å². The topological polar surface area (TPSA) is 81.8 Å². The van der Waals surface area contributed by atoms with E-state index >= 15 is 0 Å². The molecule has 0 unspecified atom stereocenters. The third kappa shape index (κ3) is 3.51. The van der Waals surface area contributed by atoms with Crippen molar-refractivity contribution >= 4 is 29.2 Å². The Labute approximate surface area is 176 Å². The van der Waals surface area contributed by atoms with Gasteiger partial charge in [-0.25, -0.2) is 4.79 Å². The molecule has 1 aliphatic carbocycles. The van der Waals surface area contributed by atoms with Gasteiger partial charge in [0.15, 0.2) is 0 Å². The van der Waals surface area contributed by atoms with Crippen LogP contribution in [0.3, 0.4) is 0 Å². The Morgan fingerprint density at radius 1 is 1.10 bits per heavy atom. The number of anilines is 2. The second-order valence-electron chi connectivity index (χ2n) is 8.27. The maximum absolute atomic E-state index is 13.1. The summed E-state index contributed by atoms with van der Waals surface area (Å²) in [4.78, 5) is 41.1. The van der Waals surface area contributed by atoms with E-state index in [1.165, 1.54) is 11.1 Å². The highest BCUT2D eigenvalue weighted by atomic mass is 16.2. The SMILES string of the molecule is CN(C)c1ccc(NC(=O)CN2C(=O)N[C@@](C)(c3ccc4c(c3)CCC4)C2=O)cc1. The van der Waals surface area contributed by atoms with Gasteiger partial charge in [-0.15, -0.1) is 0 Å². The summed E-state index contributed by atoms with van der Waals surface area (Å²) >= 11 is 0. The highest BCUT2D eigenvalue weighted by molar-refractivity contribution is 6.10. The lowest BCUT2D eigenvalue weighted by Crippen LogP contribution is -2.42. The van der Waals surface area contributed by atoms with Crippen molar-refractivity contribution in [3.63, 3.8) is 0 Å². The Kier molecular flexibility index (Phi) is 4.97. The van der Waals surface area contributed by atoms with E-state index in [-0.39, 0.29) is 6.54 Å². The van der Waals surface area contributed by atoms with Gasteiger partial charge in [-0.3, -0.25) is 14.5 Å². The third-order valence-electron chi connectivity index (χ3n) is 5.92. The molecule has 1 atom stereocenters. The predicted molar refractivity (Wildman–Crippen MR) is 115 cm³/mol. The number of amides is 4. The molecule has 1 fully saturated rings. The van der Waals surface area contributed by atoms with Crippen molar-refractivity contribution in [2.75, 3.05) is 30.9 Å². The van der Waals surface area contributed by atoms with Gasteiger partial charge in [0.05, 0.1) is 0 Å². The van der Waals surface area contributed by atoms with E-state index < -0.39 is 23.4 Å². The minimum Gasteiger partial charge on any atom is -0.378 e. The molecule has 2 aromatic rings. The van der Waals surface area contributed by atoms with Gasteiger partial charge in [0.2, 0.25) is 5.91 Å². The third-order valence-corrected chi connectivity index (χ3v) is 5.92. The lowest BCUT2D eigenvalue weighted by Gasteiger charge is -2.23. The highest BCUT2D eigenvalue weighted by Gasteiger charge is 2.49. The molecule has 1 heterocycles. The number of benzene rings is 2. The van der Waals surface area contributed by atoms with E-state index in [0.29, 0.717) is 5.69 Å². The summed E-state index contributed by atoms with van der Waals surface area (Å²) in [6.45, 7) is 1.36. The van der Waals surface area contributed by atoms with Crippen molar-refractivity contribution in [1.29, 1.82) is 0 Å². The number of rotatable bonds is 5.